The molecule has 2 rings (SSSR count). The van der Waals surface area contributed by atoms with E-state index < -0.39 is 11.2 Å². The van der Waals surface area contributed by atoms with Crippen LogP contribution in [0.3, 0.4) is 0 Å². The van der Waals surface area contributed by atoms with Crippen molar-refractivity contribution in [3.05, 3.63) is 45.6 Å². The molecule has 0 saturated heterocycles. The number of allylic oxidation sites excluding steroid dienone is 1. The van der Waals surface area contributed by atoms with Gasteiger partial charge >= 0.3 is 0 Å². The molecule has 0 atom stereocenters. The number of carbonyl (C=O) groups is 1. The van der Waals surface area contributed by atoms with Gasteiger partial charge in [-0.25, -0.2) is 9.37 Å². The fourth-order valence-electron chi connectivity index (χ4n) is 1.60. The van der Waals surface area contributed by atoms with Crippen molar-refractivity contribution in [2.75, 3.05) is 0 Å². The number of hydrogen-bond donors (Lipinski definition) is 0. The minimum absolute atomic E-state index is 0.00972. The lowest BCUT2D eigenvalue weighted by Gasteiger charge is -2.10. The molecular formula is C12H8ClFN2O2. The Morgan fingerprint density at radius 2 is 2.28 bits per heavy atom. The molecule has 0 saturated carbocycles. The molecule has 4 nitrogen and oxygen atoms in total. The van der Waals surface area contributed by atoms with Gasteiger partial charge in [0.2, 0.25) is 5.43 Å². The maximum atomic E-state index is 13.3. The van der Waals surface area contributed by atoms with Gasteiger partial charge in [-0.1, -0.05) is 18.2 Å². The van der Waals surface area contributed by atoms with Crippen LogP contribution in [0.15, 0.2) is 23.6 Å². The van der Waals surface area contributed by atoms with Crippen LogP contribution in [-0.4, -0.2) is 15.8 Å². The second-order valence-electron chi connectivity index (χ2n) is 3.77. The van der Waals surface area contributed by atoms with Crippen LogP contribution < -0.4 is 5.43 Å². The van der Waals surface area contributed by atoms with Crippen molar-refractivity contribution in [2.24, 2.45) is 0 Å². The SMILES string of the molecule is C=C(C)n1cc(C=O)c(=O)c2cc(F)c(Cl)nc21. The average Bonchev–Trinajstić information content (AvgIpc) is 2.32. The highest BCUT2D eigenvalue weighted by molar-refractivity contribution is 6.29. The summed E-state index contributed by atoms with van der Waals surface area (Å²) < 4.78 is 14.8. The van der Waals surface area contributed by atoms with Crippen LogP contribution in [0.5, 0.6) is 0 Å². The zero-order valence-corrected chi connectivity index (χ0v) is 10.2. The van der Waals surface area contributed by atoms with Crippen LogP contribution in [0.4, 0.5) is 4.39 Å². The van der Waals surface area contributed by atoms with E-state index in [0.717, 1.165) is 6.07 Å². The molecule has 0 spiro atoms. The highest BCUT2D eigenvalue weighted by Crippen LogP contribution is 2.19. The molecule has 0 aliphatic rings. The van der Waals surface area contributed by atoms with E-state index in [1.165, 1.54) is 10.8 Å². The van der Waals surface area contributed by atoms with Crippen LogP contribution in [0, 0.1) is 5.82 Å². The van der Waals surface area contributed by atoms with Gasteiger partial charge in [0.1, 0.15) is 5.65 Å². The number of pyridine rings is 2. The smallest absolute Gasteiger partial charge is 0.201 e. The highest BCUT2D eigenvalue weighted by Gasteiger charge is 2.13. The molecule has 0 radical (unpaired) electrons. The first kappa shape index (κ1) is 12.4. The van der Waals surface area contributed by atoms with E-state index in [-0.39, 0.29) is 21.7 Å². The molecule has 0 aliphatic carbocycles. The molecule has 0 unspecified atom stereocenters. The Bertz CT molecular complexity index is 737. The minimum atomic E-state index is -0.808. The van der Waals surface area contributed by atoms with Crippen molar-refractivity contribution < 1.29 is 9.18 Å². The van der Waals surface area contributed by atoms with Gasteiger partial charge < -0.3 is 4.57 Å². The van der Waals surface area contributed by atoms with E-state index in [1.807, 2.05) is 0 Å². The van der Waals surface area contributed by atoms with Gasteiger partial charge in [0, 0.05) is 11.9 Å². The number of carbonyl (C=O) groups excluding carboxylic acids is 1. The third-order valence-electron chi connectivity index (χ3n) is 2.45. The second kappa shape index (κ2) is 4.34. The number of aromatic nitrogens is 2. The fourth-order valence-corrected chi connectivity index (χ4v) is 1.73. The van der Waals surface area contributed by atoms with E-state index in [1.54, 1.807) is 6.92 Å². The largest absolute Gasteiger partial charge is 0.305 e. The van der Waals surface area contributed by atoms with Crippen LogP contribution in [0.2, 0.25) is 5.15 Å². The van der Waals surface area contributed by atoms with Crippen LogP contribution >= 0.6 is 11.6 Å². The lowest BCUT2D eigenvalue weighted by atomic mass is 10.2. The number of rotatable bonds is 2. The zero-order chi connectivity index (χ0) is 13.4. The number of hydrogen-bond acceptors (Lipinski definition) is 3. The maximum absolute atomic E-state index is 13.3. The Balaban J connectivity index is 3.06. The highest BCUT2D eigenvalue weighted by atomic mass is 35.5. The lowest BCUT2D eigenvalue weighted by molar-refractivity contribution is 0.112. The summed E-state index contributed by atoms with van der Waals surface area (Å²) in [7, 11) is 0. The Morgan fingerprint density at radius 1 is 1.61 bits per heavy atom. The number of aldehydes is 1. The van der Waals surface area contributed by atoms with Crippen molar-refractivity contribution >= 4 is 34.6 Å². The Hall–Kier alpha value is -2.01. The third kappa shape index (κ3) is 1.82. The summed E-state index contributed by atoms with van der Waals surface area (Å²) in [4.78, 5) is 26.5. The predicted molar refractivity (Wildman–Crippen MR) is 67.4 cm³/mol. The van der Waals surface area contributed by atoms with E-state index in [9.17, 15) is 14.0 Å². The van der Waals surface area contributed by atoms with Gasteiger partial charge in [0.15, 0.2) is 17.3 Å². The van der Waals surface area contributed by atoms with Crippen LogP contribution in [0.1, 0.15) is 17.3 Å². The molecule has 0 N–H and O–H groups in total. The van der Waals surface area contributed by atoms with Crippen molar-refractivity contribution in [3.63, 3.8) is 0 Å². The van der Waals surface area contributed by atoms with Crippen molar-refractivity contribution in [3.8, 4) is 0 Å². The van der Waals surface area contributed by atoms with Crippen LogP contribution in [-0.2, 0) is 0 Å². The van der Waals surface area contributed by atoms with E-state index in [4.69, 9.17) is 11.6 Å². The monoisotopic (exact) mass is 266 g/mol. The molecule has 0 aliphatic heterocycles. The predicted octanol–water partition coefficient (Wildman–Crippen LogP) is 2.49. The van der Waals surface area contributed by atoms with Gasteiger partial charge in [0.05, 0.1) is 10.9 Å². The number of fused-ring (bicyclic) bond motifs is 1. The lowest BCUT2D eigenvalue weighted by Crippen LogP contribution is -2.15. The van der Waals surface area contributed by atoms with Gasteiger partial charge in [-0.05, 0) is 13.0 Å². The summed E-state index contributed by atoms with van der Waals surface area (Å²) in [6.07, 6.45) is 1.72. The molecule has 2 aromatic heterocycles. The molecule has 2 heterocycles. The summed E-state index contributed by atoms with van der Waals surface area (Å²) in [5.74, 6) is -0.808. The molecule has 2 aromatic rings. The minimum Gasteiger partial charge on any atom is -0.305 e. The molecule has 18 heavy (non-hydrogen) atoms. The Morgan fingerprint density at radius 3 is 2.83 bits per heavy atom. The zero-order valence-electron chi connectivity index (χ0n) is 9.41. The maximum Gasteiger partial charge on any atom is 0.201 e. The van der Waals surface area contributed by atoms with Gasteiger partial charge in [-0.15, -0.1) is 0 Å². The second-order valence-corrected chi connectivity index (χ2v) is 4.13. The molecule has 0 aromatic carbocycles. The summed E-state index contributed by atoms with van der Waals surface area (Å²) in [5.41, 5.74) is 0.0253. The fraction of sp³-hybridized carbons (Fsp3) is 0.0833. The number of nitrogens with zero attached hydrogens (tertiary/aromatic N) is 2. The van der Waals surface area contributed by atoms with E-state index in [0.29, 0.717) is 12.0 Å². The first-order chi connectivity index (χ1) is 8.45. The van der Waals surface area contributed by atoms with Gasteiger partial charge in [0.25, 0.3) is 0 Å². The van der Waals surface area contributed by atoms with Gasteiger partial charge in [-0.2, -0.15) is 0 Å². The summed E-state index contributed by atoms with van der Waals surface area (Å²) >= 11 is 5.59. The normalized spacial score (nSPS) is 10.6. The summed E-state index contributed by atoms with van der Waals surface area (Å²) in [6.45, 7) is 5.36. The topological polar surface area (TPSA) is 52.0 Å². The Kier molecular flexibility index (Phi) is 3.00. The quantitative estimate of drug-likeness (QED) is 0.620. The average molecular weight is 267 g/mol. The van der Waals surface area contributed by atoms with Crippen molar-refractivity contribution in [1.82, 2.24) is 9.55 Å². The standard InChI is InChI=1S/C12H8ClFN2O2/c1-6(2)16-4-7(5-17)10(18)8-3-9(14)11(13)15-12(8)16/h3-5H,1H2,2H3. The molecular weight excluding hydrogens is 259 g/mol. The number of halogens is 2. The van der Waals surface area contributed by atoms with E-state index in [2.05, 4.69) is 11.6 Å². The Labute approximate surface area is 106 Å². The van der Waals surface area contributed by atoms with Crippen LogP contribution in [0.25, 0.3) is 16.7 Å². The molecule has 92 valence electrons. The molecule has 0 amide bonds. The van der Waals surface area contributed by atoms with E-state index >= 15 is 0 Å². The first-order valence-corrected chi connectivity index (χ1v) is 5.36. The van der Waals surface area contributed by atoms with Crippen molar-refractivity contribution in [2.45, 2.75) is 6.92 Å². The third-order valence-corrected chi connectivity index (χ3v) is 2.72. The molecule has 0 bridgehead atoms. The molecule has 6 heteroatoms. The first-order valence-electron chi connectivity index (χ1n) is 4.98. The van der Waals surface area contributed by atoms with Crippen molar-refractivity contribution in [1.29, 1.82) is 0 Å². The summed E-state index contributed by atoms with van der Waals surface area (Å²) in [5, 5.41) is -0.347. The molecule has 0 fully saturated rings. The van der Waals surface area contributed by atoms with Gasteiger partial charge in [-0.3, -0.25) is 9.59 Å². The summed E-state index contributed by atoms with van der Waals surface area (Å²) in [6, 6.07) is 0.972.